The fourth-order valence-corrected chi connectivity index (χ4v) is 4.52. The molecule has 0 aliphatic rings. The Labute approximate surface area is 176 Å². The van der Waals surface area contributed by atoms with Crippen LogP contribution in [0.25, 0.3) is 15.3 Å². The molecule has 2 aromatic heterocycles. The first-order valence-corrected chi connectivity index (χ1v) is 11.6. The molecule has 154 valence electrons. The first kappa shape index (κ1) is 20.2. The van der Waals surface area contributed by atoms with Crippen molar-refractivity contribution in [3.63, 3.8) is 0 Å². The van der Waals surface area contributed by atoms with Crippen LogP contribution in [-0.2, 0) is 21.1 Å². The van der Waals surface area contributed by atoms with Gasteiger partial charge in [0.2, 0.25) is 11.0 Å². The summed E-state index contributed by atoms with van der Waals surface area (Å²) in [5.74, 6) is -0.176. The van der Waals surface area contributed by atoms with Crippen LogP contribution < -0.4 is 5.32 Å². The maximum absolute atomic E-state index is 13.5. The maximum atomic E-state index is 13.5. The number of hydrogen-bond donors (Lipinski definition) is 1. The minimum Gasteiger partial charge on any atom is -0.310 e. The van der Waals surface area contributed by atoms with E-state index in [0.29, 0.717) is 32.4 Å². The number of carbonyl (C=O) groups is 1. The number of benzene rings is 2. The molecular formula is C20H17FN4O3S2. The molecule has 0 saturated heterocycles. The molecule has 4 rings (SSSR count). The van der Waals surface area contributed by atoms with Crippen molar-refractivity contribution in [1.29, 1.82) is 0 Å². The molecule has 1 amide bonds. The number of halogens is 1. The van der Waals surface area contributed by atoms with Crippen molar-refractivity contribution in [3.8, 4) is 5.13 Å². The average molecular weight is 445 g/mol. The van der Waals surface area contributed by atoms with Gasteiger partial charge in [-0.05, 0) is 42.8 Å². The predicted molar refractivity (Wildman–Crippen MR) is 113 cm³/mol. The van der Waals surface area contributed by atoms with Crippen molar-refractivity contribution >= 4 is 43.1 Å². The highest BCUT2D eigenvalue weighted by molar-refractivity contribution is 7.90. The summed E-state index contributed by atoms with van der Waals surface area (Å²) in [6, 6.07) is 12.3. The summed E-state index contributed by atoms with van der Waals surface area (Å²) < 4.78 is 38.8. The van der Waals surface area contributed by atoms with Crippen LogP contribution in [0.4, 0.5) is 10.2 Å². The van der Waals surface area contributed by atoms with Crippen LogP contribution in [0.3, 0.4) is 0 Å². The molecule has 0 bridgehead atoms. The average Bonchev–Trinajstić information content (AvgIpc) is 3.23. The molecule has 4 aromatic rings. The number of rotatable bonds is 5. The lowest BCUT2D eigenvalue weighted by Gasteiger charge is -2.07. The lowest BCUT2D eigenvalue weighted by Crippen LogP contribution is -2.17. The molecular weight excluding hydrogens is 427 g/mol. The molecule has 10 heteroatoms. The summed E-state index contributed by atoms with van der Waals surface area (Å²) in [4.78, 5) is 17.2. The van der Waals surface area contributed by atoms with Gasteiger partial charge in [-0.25, -0.2) is 17.8 Å². The highest BCUT2D eigenvalue weighted by Gasteiger charge is 2.15. The Kier molecular flexibility index (Phi) is 5.12. The van der Waals surface area contributed by atoms with Gasteiger partial charge < -0.3 is 5.32 Å². The highest BCUT2D eigenvalue weighted by Crippen LogP contribution is 2.28. The standard InChI is InChI=1S/C20H17FN4O3S2/c1-12-9-18(23-19(26)10-13-3-6-15(7-4-13)30(2,27)28)25(24-12)20-22-16-8-5-14(21)11-17(16)29-20/h3-9,11H,10H2,1-2H3,(H,23,26). The predicted octanol–water partition coefficient (Wildman–Crippen LogP) is 3.51. The Morgan fingerprint density at radius 3 is 2.60 bits per heavy atom. The molecule has 0 unspecified atom stereocenters. The van der Waals surface area contributed by atoms with Gasteiger partial charge in [-0.2, -0.15) is 9.78 Å². The Hall–Kier alpha value is -3.11. The van der Waals surface area contributed by atoms with Gasteiger partial charge in [0.1, 0.15) is 11.6 Å². The number of carbonyl (C=O) groups excluding carboxylic acids is 1. The molecule has 2 aromatic carbocycles. The van der Waals surface area contributed by atoms with E-state index in [-0.39, 0.29) is 23.0 Å². The number of aromatic nitrogens is 3. The second kappa shape index (κ2) is 7.62. The third-order valence-corrected chi connectivity index (χ3v) is 6.46. The first-order chi connectivity index (χ1) is 14.2. The van der Waals surface area contributed by atoms with E-state index in [0.717, 1.165) is 6.26 Å². The van der Waals surface area contributed by atoms with Gasteiger partial charge in [-0.3, -0.25) is 4.79 Å². The molecule has 0 radical (unpaired) electrons. The van der Waals surface area contributed by atoms with Gasteiger partial charge >= 0.3 is 0 Å². The topological polar surface area (TPSA) is 94.0 Å². The number of thiazole rings is 1. The van der Waals surface area contributed by atoms with Crippen LogP contribution in [-0.4, -0.2) is 35.3 Å². The number of aryl methyl sites for hydroxylation is 1. The molecule has 0 atom stereocenters. The highest BCUT2D eigenvalue weighted by atomic mass is 32.2. The number of nitrogens with zero attached hydrogens (tertiary/aromatic N) is 3. The van der Waals surface area contributed by atoms with E-state index in [1.165, 1.54) is 40.3 Å². The molecule has 0 fully saturated rings. The van der Waals surface area contributed by atoms with Crippen LogP contribution in [0, 0.1) is 12.7 Å². The van der Waals surface area contributed by atoms with Crippen LogP contribution in [0.15, 0.2) is 53.4 Å². The van der Waals surface area contributed by atoms with Crippen molar-refractivity contribution in [1.82, 2.24) is 14.8 Å². The molecule has 2 heterocycles. The zero-order valence-corrected chi connectivity index (χ0v) is 17.7. The SMILES string of the molecule is Cc1cc(NC(=O)Cc2ccc(S(C)(=O)=O)cc2)n(-c2nc3ccc(F)cc3s2)n1. The van der Waals surface area contributed by atoms with Crippen molar-refractivity contribution in [2.75, 3.05) is 11.6 Å². The number of nitrogens with one attached hydrogen (secondary N) is 1. The maximum Gasteiger partial charge on any atom is 0.229 e. The van der Waals surface area contributed by atoms with Gasteiger partial charge in [0.05, 0.1) is 27.2 Å². The van der Waals surface area contributed by atoms with E-state index in [1.54, 1.807) is 31.2 Å². The third kappa shape index (κ3) is 4.24. The van der Waals surface area contributed by atoms with Crippen LogP contribution >= 0.6 is 11.3 Å². The molecule has 0 spiro atoms. The monoisotopic (exact) mass is 444 g/mol. The number of hydrogen-bond acceptors (Lipinski definition) is 6. The van der Waals surface area contributed by atoms with E-state index in [4.69, 9.17) is 0 Å². The molecule has 0 aliphatic carbocycles. The van der Waals surface area contributed by atoms with E-state index in [1.807, 2.05) is 0 Å². The Balaban J connectivity index is 1.55. The Morgan fingerprint density at radius 1 is 1.17 bits per heavy atom. The molecule has 30 heavy (non-hydrogen) atoms. The van der Waals surface area contributed by atoms with Crippen molar-refractivity contribution < 1.29 is 17.6 Å². The summed E-state index contributed by atoms with van der Waals surface area (Å²) in [7, 11) is -3.29. The summed E-state index contributed by atoms with van der Waals surface area (Å²) in [6.07, 6.45) is 1.20. The van der Waals surface area contributed by atoms with E-state index < -0.39 is 9.84 Å². The van der Waals surface area contributed by atoms with Gasteiger partial charge in [0, 0.05) is 12.3 Å². The summed E-state index contributed by atoms with van der Waals surface area (Å²) >= 11 is 1.27. The second-order valence-corrected chi connectivity index (χ2v) is 9.86. The Morgan fingerprint density at radius 2 is 1.90 bits per heavy atom. The minimum absolute atomic E-state index is 0.0688. The van der Waals surface area contributed by atoms with E-state index >= 15 is 0 Å². The lowest BCUT2D eigenvalue weighted by atomic mass is 10.1. The third-order valence-electron chi connectivity index (χ3n) is 4.34. The smallest absolute Gasteiger partial charge is 0.229 e. The normalized spacial score (nSPS) is 11.7. The summed E-state index contributed by atoms with van der Waals surface area (Å²) in [5.41, 5.74) is 2.01. The lowest BCUT2D eigenvalue weighted by molar-refractivity contribution is -0.115. The van der Waals surface area contributed by atoms with Crippen molar-refractivity contribution in [3.05, 3.63) is 65.6 Å². The van der Waals surface area contributed by atoms with E-state index in [2.05, 4.69) is 15.4 Å². The van der Waals surface area contributed by atoms with Crippen molar-refractivity contribution in [2.45, 2.75) is 18.2 Å². The van der Waals surface area contributed by atoms with E-state index in [9.17, 15) is 17.6 Å². The quantitative estimate of drug-likeness (QED) is 0.508. The summed E-state index contributed by atoms with van der Waals surface area (Å²) in [6.45, 7) is 1.79. The van der Waals surface area contributed by atoms with Crippen LogP contribution in [0.5, 0.6) is 0 Å². The first-order valence-electron chi connectivity index (χ1n) is 8.91. The summed E-state index contributed by atoms with van der Waals surface area (Å²) in [5, 5.41) is 7.71. The zero-order chi connectivity index (χ0) is 21.5. The fourth-order valence-electron chi connectivity index (χ4n) is 2.94. The van der Waals surface area contributed by atoms with Crippen molar-refractivity contribution in [2.24, 2.45) is 0 Å². The molecule has 0 saturated carbocycles. The number of anilines is 1. The van der Waals surface area contributed by atoms with Gasteiger partial charge in [-0.1, -0.05) is 23.5 Å². The van der Waals surface area contributed by atoms with Gasteiger partial charge in [0.25, 0.3) is 0 Å². The number of sulfone groups is 1. The Bertz CT molecular complexity index is 1360. The second-order valence-electron chi connectivity index (χ2n) is 6.83. The van der Waals surface area contributed by atoms with Crippen LogP contribution in [0.2, 0.25) is 0 Å². The zero-order valence-electron chi connectivity index (χ0n) is 16.1. The molecule has 7 nitrogen and oxygen atoms in total. The molecule has 1 N–H and O–H groups in total. The number of fused-ring (bicyclic) bond motifs is 1. The van der Waals surface area contributed by atoms with Gasteiger partial charge in [-0.15, -0.1) is 0 Å². The van der Waals surface area contributed by atoms with Gasteiger partial charge in [0.15, 0.2) is 9.84 Å². The fraction of sp³-hybridized carbons (Fsp3) is 0.150. The largest absolute Gasteiger partial charge is 0.310 e. The van der Waals surface area contributed by atoms with Crippen LogP contribution in [0.1, 0.15) is 11.3 Å². The molecule has 0 aliphatic heterocycles. The number of amides is 1. The minimum atomic E-state index is -3.29.